The molecule has 2 N–H and O–H groups in total. The van der Waals surface area contributed by atoms with E-state index in [2.05, 4.69) is 24.8 Å². The largest absolute Gasteiger partial charge is 0.480 e. The van der Waals surface area contributed by atoms with Crippen LogP contribution in [0.4, 0.5) is 0 Å². The first-order valence-electron chi connectivity index (χ1n) is 1.23. The summed E-state index contributed by atoms with van der Waals surface area (Å²) in [5.41, 5.74) is 0. The molecule has 0 fully saturated rings. The van der Waals surface area contributed by atoms with E-state index in [-0.39, 0.29) is 32.7 Å². The fourth-order valence-corrected chi connectivity index (χ4v) is 0. The third-order valence-electron chi connectivity index (χ3n) is 0. The van der Waals surface area contributed by atoms with Crippen molar-refractivity contribution in [2.75, 3.05) is 0 Å². The second kappa shape index (κ2) is 37.1. The summed E-state index contributed by atoms with van der Waals surface area (Å²) in [6, 6.07) is 0. The van der Waals surface area contributed by atoms with E-state index in [4.69, 9.17) is 0 Å². The smallest absolute Gasteiger partial charge is 0 e. The molecule has 0 saturated heterocycles. The minimum absolute atomic E-state index is 0. The summed E-state index contributed by atoms with van der Waals surface area (Å²) in [6.45, 7) is 5.00. The Morgan fingerprint density at radius 2 is 1.50 bits per heavy atom. The maximum atomic E-state index is 4.24. The van der Waals surface area contributed by atoms with Crippen LogP contribution in [-0.4, -0.2) is 0 Å². The van der Waals surface area contributed by atoms with E-state index >= 15 is 0 Å². The van der Waals surface area contributed by atoms with Crippen molar-refractivity contribution >= 4 is 0 Å². The molecule has 0 saturated carbocycles. The van der Waals surface area contributed by atoms with Gasteiger partial charge in [0.15, 0.2) is 0 Å². The molecular formula is C3H9NOY-2. The molecule has 0 unspecified atom stereocenters. The van der Waals surface area contributed by atoms with Gasteiger partial charge in [0.2, 0.25) is 0 Å². The Kier molecular flexibility index (Phi) is 97.4. The molecule has 0 aromatic rings. The molecule has 0 aliphatic rings. The standard InChI is InChI=1S/C2H5.CH4NO.Y/c1-2;1-3-2;/h1H2,2H3;1-2H2;/q2*-1;. The van der Waals surface area contributed by atoms with E-state index in [1.165, 1.54) is 0 Å². The second-order valence-corrected chi connectivity index (χ2v) is 0.167. The van der Waals surface area contributed by atoms with E-state index in [1.807, 2.05) is 0 Å². The average molecular weight is 164 g/mol. The van der Waals surface area contributed by atoms with Gasteiger partial charge in [-0.3, -0.25) is 5.90 Å². The molecule has 0 aromatic heterocycles. The van der Waals surface area contributed by atoms with Gasteiger partial charge in [0.1, 0.15) is 0 Å². The van der Waals surface area contributed by atoms with Crippen molar-refractivity contribution in [2.24, 2.45) is 5.90 Å². The van der Waals surface area contributed by atoms with Crippen molar-refractivity contribution < 1.29 is 37.5 Å². The average Bonchev–Trinajstić information content (AvgIpc) is 1.46. The fraction of sp³-hybridized carbons (Fsp3) is 0.333. The Morgan fingerprint density at radius 1 is 1.50 bits per heavy atom. The summed E-state index contributed by atoms with van der Waals surface area (Å²) in [7, 11) is 2.76. The minimum Gasteiger partial charge on any atom is -0.480 e. The van der Waals surface area contributed by atoms with Crippen LogP contribution in [-0.2, 0) is 37.5 Å². The third-order valence-corrected chi connectivity index (χ3v) is 0. The van der Waals surface area contributed by atoms with Crippen LogP contribution in [0.1, 0.15) is 6.92 Å². The zero-order valence-electron chi connectivity index (χ0n) is 3.98. The molecule has 0 aromatic carbocycles. The molecule has 0 aliphatic heterocycles. The van der Waals surface area contributed by atoms with Crippen LogP contribution >= 0.6 is 0 Å². The molecule has 3 heteroatoms. The first-order chi connectivity index (χ1) is 2.41. The molecule has 0 aliphatic carbocycles. The van der Waals surface area contributed by atoms with Crippen LogP contribution < -0.4 is 5.90 Å². The monoisotopic (exact) mass is 164 g/mol. The van der Waals surface area contributed by atoms with Crippen LogP contribution in [0, 0.1) is 14.0 Å². The van der Waals surface area contributed by atoms with Crippen LogP contribution in [0.15, 0.2) is 0 Å². The van der Waals surface area contributed by atoms with E-state index in [1.54, 1.807) is 6.92 Å². The topological polar surface area (TPSA) is 35.2 Å². The second-order valence-electron chi connectivity index (χ2n) is 0.167. The molecule has 0 spiro atoms. The summed E-state index contributed by atoms with van der Waals surface area (Å²) in [5.74, 6) is 4.24. The summed E-state index contributed by atoms with van der Waals surface area (Å²) in [6.07, 6.45) is 0. The predicted molar refractivity (Wildman–Crippen MR) is 21.7 cm³/mol. The van der Waals surface area contributed by atoms with Gasteiger partial charge in [0, 0.05) is 32.7 Å². The van der Waals surface area contributed by atoms with Gasteiger partial charge in [-0.05, 0) is 0 Å². The quantitative estimate of drug-likeness (QED) is 0.418. The Morgan fingerprint density at radius 3 is 1.50 bits per heavy atom. The minimum atomic E-state index is 0. The molecule has 0 amide bonds. The van der Waals surface area contributed by atoms with E-state index in [0.29, 0.717) is 0 Å². The molecule has 0 rings (SSSR count). The van der Waals surface area contributed by atoms with Crippen LogP contribution in [0.2, 0.25) is 0 Å². The summed E-state index contributed by atoms with van der Waals surface area (Å²) in [5, 5.41) is 0. The molecule has 0 atom stereocenters. The molecule has 2 nitrogen and oxygen atoms in total. The van der Waals surface area contributed by atoms with Crippen LogP contribution in [0.25, 0.3) is 0 Å². The van der Waals surface area contributed by atoms with Gasteiger partial charge in [-0.15, -0.1) is 0 Å². The summed E-state index contributed by atoms with van der Waals surface area (Å²) in [4.78, 5) is 3.50. The Balaban J connectivity index is -0.0000000275. The van der Waals surface area contributed by atoms with Crippen molar-refractivity contribution in [1.82, 2.24) is 0 Å². The number of nitrogens with two attached hydrogens (primary N) is 1. The Hall–Kier alpha value is 1.02. The fourth-order valence-electron chi connectivity index (χ4n) is 0. The van der Waals surface area contributed by atoms with Gasteiger partial charge in [-0.1, -0.05) is 0 Å². The van der Waals surface area contributed by atoms with Crippen molar-refractivity contribution in [3.63, 3.8) is 0 Å². The van der Waals surface area contributed by atoms with Crippen molar-refractivity contribution in [2.45, 2.75) is 6.92 Å². The molecule has 0 bridgehead atoms. The molecule has 1 radical (unpaired) electrons. The first kappa shape index (κ1) is 15.7. The van der Waals surface area contributed by atoms with E-state index in [0.717, 1.165) is 0 Å². The van der Waals surface area contributed by atoms with E-state index in [9.17, 15) is 0 Å². The normalized spacial score (nSPS) is 4.00. The van der Waals surface area contributed by atoms with Crippen molar-refractivity contribution in [3.8, 4) is 0 Å². The first-order valence-corrected chi connectivity index (χ1v) is 1.23. The van der Waals surface area contributed by atoms with Gasteiger partial charge in [0.05, 0.1) is 0 Å². The van der Waals surface area contributed by atoms with Gasteiger partial charge >= 0.3 is 0 Å². The maximum Gasteiger partial charge on any atom is 0 e. The van der Waals surface area contributed by atoms with Crippen LogP contribution in [0.3, 0.4) is 0 Å². The molecular weight excluding hydrogens is 155 g/mol. The zero-order chi connectivity index (χ0) is 4.71. The Bertz CT molecular complexity index is 10.8. The Labute approximate surface area is 64.3 Å². The number of hydrogen-bond acceptors (Lipinski definition) is 2. The number of hydrogen-bond donors (Lipinski definition) is 1. The summed E-state index contributed by atoms with van der Waals surface area (Å²) >= 11 is 0. The van der Waals surface area contributed by atoms with E-state index < -0.39 is 0 Å². The molecule has 37 valence electrons. The predicted octanol–water partition coefficient (Wildman–Crippen LogP) is 0.506. The zero-order valence-corrected chi connectivity index (χ0v) is 6.82. The SMILES string of the molecule is [CH2-]C.[CH2-]ON.[Y]. The van der Waals surface area contributed by atoms with Gasteiger partial charge in [-0.25, -0.2) is 7.11 Å². The number of rotatable bonds is 0. The third kappa shape index (κ3) is 77.6. The van der Waals surface area contributed by atoms with Crippen LogP contribution in [0.5, 0.6) is 0 Å². The van der Waals surface area contributed by atoms with Crippen molar-refractivity contribution in [3.05, 3.63) is 14.0 Å². The van der Waals surface area contributed by atoms with Gasteiger partial charge in [-0.2, -0.15) is 6.92 Å². The maximum absolute atomic E-state index is 4.24. The molecule has 6 heavy (non-hydrogen) atoms. The van der Waals surface area contributed by atoms with Gasteiger partial charge in [0.25, 0.3) is 0 Å². The van der Waals surface area contributed by atoms with Crippen molar-refractivity contribution in [1.29, 1.82) is 0 Å². The van der Waals surface area contributed by atoms with Gasteiger partial charge < -0.3 is 11.8 Å². The summed E-state index contributed by atoms with van der Waals surface area (Å²) < 4.78 is 0. The molecule has 0 heterocycles.